The number of rotatable bonds is 5. The van der Waals surface area contributed by atoms with Crippen molar-refractivity contribution in [3.05, 3.63) is 17.9 Å². The summed E-state index contributed by atoms with van der Waals surface area (Å²) in [6.07, 6.45) is 0. The number of hydrogen-bond acceptors (Lipinski definition) is 4. The third kappa shape index (κ3) is 4.25. The molecule has 1 saturated heterocycles. The fraction of sp³-hybridized carbons (Fsp3) is 0.733. The van der Waals surface area contributed by atoms with Crippen molar-refractivity contribution in [3.63, 3.8) is 0 Å². The lowest BCUT2D eigenvalue weighted by Gasteiger charge is -2.37. The summed E-state index contributed by atoms with van der Waals surface area (Å²) >= 11 is 0. The zero-order valence-electron chi connectivity index (χ0n) is 12.7. The summed E-state index contributed by atoms with van der Waals surface area (Å²) in [5, 5.41) is 3.40. The molecule has 0 aliphatic carbocycles. The summed E-state index contributed by atoms with van der Waals surface area (Å²) in [6, 6.07) is 4.07. The van der Waals surface area contributed by atoms with Crippen LogP contribution in [0.1, 0.15) is 19.6 Å². The Bertz CT molecular complexity index is 394. The van der Waals surface area contributed by atoms with Gasteiger partial charge in [-0.1, -0.05) is 13.8 Å². The summed E-state index contributed by atoms with van der Waals surface area (Å²) in [5.41, 5.74) is 0.257. The normalized spacial score (nSPS) is 17.7. The lowest BCUT2D eigenvalue weighted by molar-refractivity contribution is 0.163. The quantitative estimate of drug-likeness (QED) is 0.882. The number of aryl methyl sites for hydroxylation is 1. The summed E-state index contributed by atoms with van der Waals surface area (Å²) in [6.45, 7) is 13.3. The Kier molecular flexibility index (Phi) is 4.53. The molecule has 0 radical (unpaired) electrons. The molecule has 1 aliphatic rings. The summed E-state index contributed by atoms with van der Waals surface area (Å²) < 4.78 is 5.68. The summed E-state index contributed by atoms with van der Waals surface area (Å²) in [5.74, 6) is 1.94. The highest BCUT2D eigenvalue weighted by atomic mass is 16.4. The van der Waals surface area contributed by atoms with Crippen LogP contribution in [0.2, 0.25) is 0 Å². The Hall–Kier alpha value is -1.00. The Morgan fingerprint density at radius 3 is 2.58 bits per heavy atom. The maximum atomic E-state index is 5.68. The van der Waals surface area contributed by atoms with E-state index in [4.69, 9.17) is 4.42 Å². The van der Waals surface area contributed by atoms with Crippen LogP contribution < -0.4 is 10.2 Å². The topological polar surface area (TPSA) is 31.6 Å². The van der Waals surface area contributed by atoms with E-state index in [1.165, 1.54) is 0 Å². The first-order valence-electron chi connectivity index (χ1n) is 7.17. The molecule has 0 unspecified atom stereocenters. The molecule has 0 spiro atoms. The second-order valence-corrected chi connectivity index (χ2v) is 6.43. The summed E-state index contributed by atoms with van der Waals surface area (Å²) in [4.78, 5) is 4.77. The molecule has 2 heterocycles. The molecule has 0 aromatic carbocycles. The summed E-state index contributed by atoms with van der Waals surface area (Å²) in [7, 11) is 2.11. The molecule has 4 heteroatoms. The average Bonchev–Trinajstić information content (AvgIpc) is 2.76. The Balaban J connectivity index is 1.88. The van der Waals surface area contributed by atoms with E-state index in [0.717, 1.165) is 50.9 Å². The number of anilines is 1. The van der Waals surface area contributed by atoms with Gasteiger partial charge in [0.05, 0.1) is 0 Å². The lowest BCUT2D eigenvalue weighted by Crippen LogP contribution is -2.49. The van der Waals surface area contributed by atoms with Crippen molar-refractivity contribution in [1.82, 2.24) is 10.2 Å². The van der Waals surface area contributed by atoms with Gasteiger partial charge in [-0.3, -0.25) is 0 Å². The molecular formula is C15H27N3O. The van der Waals surface area contributed by atoms with Gasteiger partial charge >= 0.3 is 0 Å². The number of hydrogen-bond donors (Lipinski definition) is 1. The van der Waals surface area contributed by atoms with Gasteiger partial charge in [0.25, 0.3) is 0 Å². The Morgan fingerprint density at radius 1 is 1.32 bits per heavy atom. The van der Waals surface area contributed by atoms with Crippen molar-refractivity contribution in [1.29, 1.82) is 0 Å². The van der Waals surface area contributed by atoms with Gasteiger partial charge in [0.15, 0.2) is 5.88 Å². The first kappa shape index (κ1) is 14.4. The van der Waals surface area contributed by atoms with Gasteiger partial charge in [0.2, 0.25) is 0 Å². The fourth-order valence-electron chi connectivity index (χ4n) is 2.87. The van der Waals surface area contributed by atoms with Gasteiger partial charge in [-0.15, -0.1) is 0 Å². The van der Waals surface area contributed by atoms with E-state index < -0.39 is 0 Å². The van der Waals surface area contributed by atoms with Crippen molar-refractivity contribution in [3.8, 4) is 0 Å². The first-order chi connectivity index (χ1) is 8.96. The number of nitrogens with zero attached hydrogens (tertiary/aromatic N) is 2. The van der Waals surface area contributed by atoms with Gasteiger partial charge in [-0.25, -0.2) is 0 Å². The molecule has 1 aliphatic heterocycles. The van der Waals surface area contributed by atoms with E-state index in [9.17, 15) is 0 Å². The van der Waals surface area contributed by atoms with E-state index >= 15 is 0 Å². The van der Waals surface area contributed by atoms with Crippen LogP contribution in [0.15, 0.2) is 16.5 Å². The highest BCUT2D eigenvalue weighted by Crippen LogP contribution is 2.23. The van der Waals surface area contributed by atoms with Crippen molar-refractivity contribution < 1.29 is 4.42 Å². The fourth-order valence-corrected chi connectivity index (χ4v) is 2.87. The van der Waals surface area contributed by atoms with E-state index in [2.05, 4.69) is 42.1 Å². The molecule has 0 bridgehead atoms. The predicted octanol–water partition coefficient (Wildman–Crippen LogP) is 1.96. The number of piperazine rings is 1. The van der Waals surface area contributed by atoms with E-state index in [1.54, 1.807) is 0 Å². The maximum absolute atomic E-state index is 5.68. The third-order valence-electron chi connectivity index (χ3n) is 3.63. The minimum atomic E-state index is 0.257. The van der Waals surface area contributed by atoms with Gasteiger partial charge in [0.1, 0.15) is 5.76 Å². The van der Waals surface area contributed by atoms with Crippen LogP contribution in [0.5, 0.6) is 0 Å². The molecule has 1 aromatic heterocycles. The van der Waals surface area contributed by atoms with Crippen molar-refractivity contribution >= 4 is 5.88 Å². The molecule has 108 valence electrons. The monoisotopic (exact) mass is 265 g/mol. The zero-order valence-corrected chi connectivity index (χ0v) is 12.7. The molecule has 0 saturated carbocycles. The number of furan rings is 1. The van der Waals surface area contributed by atoms with E-state index in [-0.39, 0.29) is 5.41 Å². The maximum Gasteiger partial charge on any atom is 0.195 e. The molecule has 0 amide bonds. The highest BCUT2D eigenvalue weighted by molar-refractivity contribution is 5.35. The Labute approximate surface area is 116 Å². The molecule has 2 rings (SSSR count). The third-order valence-corrected chi connectivity index (χ3v) is 3.63. The van der Waals surface area contributed by atoms with E-state index in [1.807, 2.05) is 13.0 Å². The minimum Gasteiger partial charge on any atom is -0.446 e. The molecule has 4 nitrogen and oxygen atoms in total. The highest BCUT2D eigenvalue weighted by Gasteiger charge is 2.25. The average molecular weight is 265 g/mol. The van der Waals surface area contributed by atoms with E-state index in [0.29, 0.717) is 0 Å². The van der Waals surface area contributed by atoms with Crippen LogP contribution in [0, 0.1) is 12.3 Å². The molecule has 1 N–H and O–H groups in total. The number of nitrogens with one attached hydrogen (secondary N) is 1. The minimum absolute atomic E-state index is 0.257. The zero-order chi connectivity index (χ0) is 13.9. The van der Waals surface area contributed by atoms with Gasteiger partial charge < -0.3 is 19.5 Å². The smallest absolute Gasteiger partial charge is 0.195 e. The second-order valence-electron chi connectivity index (χ2n) is 6.43. The SMILES string of the molecule is Cc1ccc(N(C)CC(C)(C)CN2CCNCC2)o1. The standard InChI is InChI=1S/C15H27N3O/c1-13-5-6-14(19-13)17(4)11-15(2,3)12-18-9-7-16-8-10-18/h5-6,16H,7-12H2,1-4H3. The van der Waals surface area contributed by atoms with Crippen molar-refractivity contribution in [2.45, 2.75) is 20.8 Å². The molecule has 0 atom stereocenters. The van der Waals surface area contributed by atoms with Gasteiger partial charge in [0, 0.05) is 52.4 Å². The van der Waals surface area contributed by atoms with Crippen molar-refractivity contribution in [2.75, 3.05) is 51.2 Å². The Morgan fingerprint density at radius 2 is 2.00 bits per heavy atom. The molecule has 19 heavy (non-hydrogen) atoms. The van der Waals surface area contributed by atoms with Crippen LogP contribution in [0.25, 0.3) is 0 Å². The van der Waals surface area contributed by atoms with Crippen molar-refractivity contribution in [2.24, 2.45) is 5.41 Å². The van der Waals surface area contributed by atoms with Crippen LogP contribution in [0.4, 0.5) is 5.88 Å². The second kappa shape index (κ2) is 5.97. The largest absolute Gasteiger partial charge is 0.446 e. The van der Waals surface area contributed by atoms with Crippen LogP contribution in [-0.2, 0) is 0 Å². The molecular weight excluding hydrogens is 238 g/mol. The lowest BCUT2D eigenvalue weighted by atomic mass is 9.92. The predicted molar refractivity (Wildman–Crippen MR) is 79.8 cm³/mol. The van der Waals surface area contributed by atoms with Gasteiger partial charge in [-0.2, -0.15) is 0 Å². The van der Waals surface area contributed by atoms with Gasteiger partial charge in [-0.05, 0) is 18.4 Å². The van der Waals surface area contributed by atoms with Crippen LogP contribution >= 0.6 is 0 Å². The van der Waals surface area contributed by atoms with Crippen LogP contribution in [-0.4, -0.2) is 51.2 Å². The molecule has 1 aromatic rings. The molecule has 1 fully saturated rings. The van der Waals surface area contributed by atoms with Crippen LogP contribution in [0.3, 0.4) is 0 Å². The first-order valence-corrected chi connectivity index (χ1v) is 7.17.